The van der Waals surface area contributed by atoms with Gasteiger partial charge in [0.25, 0.3) is 0 Å². The van der Waals surface area contributed by atoms with Crippen molar-refractivity contribution in [3.05, 3.63) is 53.6 Å². The Labute approximate surface area is 134 Å². The summed E-state index contributed by atoms with van der Waals surface area (Å²) in [5.41, 5.74) is 0.900. The van der Waals surface area contributed by atoms with Crippen LogP contribution in [-0.4, -0.2) is 32.2 Å². The van der Waals surface area contributed by atoms with E-state index in [4.69, 9.17) is 14.2 Å². The number of phenolic OH excluding ortho intramolecular Hbond substituents is 1. The molecule has 0 aromatic heterocycles. The van der Waals surface area contributed by atoms with E-state index in [0.717, 1.165) is 5.56 Å². The van der Waals surface area contributed by atoms with E-state index in [-0.39, 0.29) is 28.6 Å². The molecule has 0 atom stereocenters. The molecule has 0 saturated carbocycles. The topological polar surface area (TPSA) is 65.0 Å². The van der Waals surface area contributed by atoms with Crippen molar-refractivity contribution in [2.75, 3.05) is 21.3 Å². The summed E-state index contributed by atoms with van der Waals surface area (Å²) in [4.78, 5) is 12.5. The van der Waals surface area contributed by atoms with E-state index in [2.05, 4.69) is 0 Å². The summed E-state index contributed by atoms with van der Waals surface area (Å²) in [6.45, 7) is 0. The molecule has 0 aliphatic heterocycles. The third-order valence-electron chi connectivity index (χ3n) is 3.30. The van der Waals surface area contributed by atoms with Gasteiger partial charge in [-0.1, -0.05) is 36.4 Å². The fraction of sp³-hybridized carbons (Fsp3) is 0.167. The van der Waals surface area contributed by atoms with Gasteiger partial charge in [0.1, 0.15) is 11.3 Å². The van der Waals surface area contributed by atoms with Gasteiger partial charge < -0.3 is 19.3 Å². The maximum absolute atomic E-state index is 12.5. The summed E-state index contributed by atoms with van der Waals surface area (Å²) < 4.78 is 15.4. The maximum Gasteiger partial charge on any atom is 0.204 e. The van der Waals surface area contributed by atoms with Crippen LogP contribution in [0.25, 0.3) is 6.08 Å². The van der Waals surface area contributed by atoms with Crippen LogP contribution in [0.15, 0.2) is 42.5 Å². The number of ketones is 1. The number of hydrogen-bond donors (Lipinski definition) is 1. The molecule has 5 heteroatoms. The van der Waals surface area contributed by atoms with Crippen molar-refractivity contribution in [3.8, 4) is 23.0 Å². The number of hydrogen-bond acceptors (Lipinski definition) is 5. The van der Waals surface area contributed by atoms with Crippen molar-refractivity contribution in [2.24, 2.45) is 0 Å². The van der Waals surface area contributed by atoms with Crippen molar-refractivity contribution in [3.63, 3.8) is 0 Å². The third-order valence-corrected chi connectivity index (χ3v) is 3.30. The molecular formula is C18H18O5. The van der Waals surface area contributed by atoms with E-state index in [0.29, 0.717) is 0 Å². The first-order valence-corrected chi connectivity index (χ1v) is 6.91. The van der Waals surface area contributed by atoms with Gasteiger partial charge in [0.05, 0.1) is 21.3 Å². The number of carbonyl (C=O) groups excluding carboxylic acids is 1. The first-order valence-electron chi connectivity index (χ1n) is 6.91. The smallest absolute Gasteiger partial charge is 0.204 e. The van der Waals surface area contributed by atoms with Crippen LogP contribution >= 0.6 is 0 Å². The van der Waals surface area contributed by atoms with Crippen molar-refractivity contribution in [2.45, 2.75) is 0 Å². The van der Waals surface area contributed by atoms with Crippen LogP contribution in [0.4, 0.5) is 0 Å². The minimum Gasteiger partial charge on any atom is -0.504 e. The molecule has 1 N–H and O–H groups in total. The fourth-order valence-electron chi connectivity index (χ4n) is 2.17. The van der Waals surface area contributed by atoms with Gasteiger partial charge in [0, 0.05) is 6.07 Å². The molecule has 0 unspecified atom stereocenters. The van der Waals surface area contributed by atoms with Crippen LogP contribution in [0.2, 0.25) is 0 Å². The summed E-state index contributed by atoms with van der Waals surface area (Å²) in [7, 11) is 4.24. The van der Waals surface area contributed by atoms with E-state index < -0.39 is 5.78 Å². The summed E-state index contributed by atoms with van der Waals surface area (Å²) in [5, 5.41) is 10.3. The lowest BCUT2D eigenvalue weighted by atomic mass is 10.1. The zero-order valence-electron chi connectivity index (χ0n) is 13.2. The number of methoxy groups -OCH3 is 3. The minimum atomic E-state index is -0.399. The molecule has 0 spiro atoms. The highest BCUT2D eigenvalue weighted by Crippen LogP contribution is 2.44. The lowest BCUT2D eigenvalue weighted by Crippen LogP contribution is -2.03. The van der Waals surface area contributed by atoms with Gasteiger partial charge in [-0.2, -0.15) is 0 Å². The van der Waals surface area contributed by atoms with Gasteiger partial charge in [-0.15, -0.1) is 0 Å². The fourth-order valence-corrected chi connectivity index (χ4v) is 2.17. The van der Waals surface area contributed by atoms with Gasteiger partial charge in [0.2, 0.25) is 5.75 Å². The maximum atomic E-state index is 12.5. The molecule has 120 valence electrons. The lowest BCUT2D eigenvalue weighted by molar-refractivity contribution is 0.104. The van der Waals surface area contributed by atoms with Crippen molar-refractivity contribution >= 4 is 11.9 Å². The summed E-state index contributed by atoms with van der Waals surface area (Å²) in [6, 6.07) is 10.9. The molecule has 0 saturated heterocycles. The Bertz CT molecular complexity index is 720. The summed E-state index contributed by atoms with van der Waals surface area (Å²) in [6.07, 6.45) is 3.04. The molecular weight excluding hydrogens is 296 g/mol. The predicted molar refractivity (Wildman–Crippen MR) is 87.6 cm³/mol. The zero-order valence-corrected chi connectivity index (χ0v) is 13.2. The van der Waals surface area contributed by atoms with Crippen LogP contribution in [0, 0.1) is 0 Å². The Morgan fingerprint density at radius 3 is 2.22 bits per heavy atom. The zero-order chi connectivity index (χ0) is 16.8. The van der Waals surface area contributed by atoms with E-state index in [1.54, 1.807) is 6.08 Å². The monoisotopic (exact) mass is 314 g/mol. The number of benzene rings is 2. The highest BCUT2D eigenvalue weighted by atomic mass is 16.5. The van der Waals surface area contributed by atoms with Crippen LogP contribution in [-0.2, 0) is 0 Å². The van der Waals surface area contributed by atoms with Crippen molar-refractivity contribution in [1.29, 1.82) is 0 Å². The molecule has 0 bridgehead atoms. The lowest BCUT2D eigenvalue weighted by Gasteiger charge is -2.15. The first kappa shape index (κ1) is 16.4. The van der Waals surface area contributed by atoms with Crippen LogP contribution in [0.1, 0.15) is 15.9 Å². The highest BCUT2D eigenvalue weighted by Gasteiger charge is 2.23. The number of aromatic hydroxyl groups is 1. The standard InChI is InChI=1S/C18H18O5/c1-21-14-11-15(22-2)18(23-3)17(20)16(14)13(19)10-9-12-7-5-4-6-8-12/h4-11,20H,1-3H3. The Morgan fingerprint density at radius 1 is 1.00 bits per heavy atom. The molecule has 0 heterocycles. The molecule has 0 aliphatic rings. The minimum absolute atomic E-state index is 0.0253. The normalized spacial score (nSPS) is 10.6. The van der Waals surface area contributed by atoms with Crippen molar-refractivity contribution in [1.82, 2.24) is 0 Å². The van der Waals surface area contributed by atoms with Crippen molar-refractivity contribution < 1.29 is 24.1 Å². The number of phenols is 1. The van der Waals surface area contributed by atoms with Gasteiger partial charge >= 0.3 is 0 Å². The molecule has 0 fully saturated rings. The molecule has 5 nitrogen and oxygen atoms in total. The molecule has 2 rings (SSSR count). The summed E-state index contributed by atoms with van der Waals surface area (Å²) in [5.74, 6) is -0.131. The second-order valence-corrected chi connectivity index (χ2v) is 4.65. The number of carbonyl (C=O) groups is 1. The highest BCUT2D eigenvalue weighted by molar-refractivity contribution is 6.11. The van der Waals surface area contributed by atoms with Crippen LogP contribution in [0.3, 0.4) is 0 Å². The molecule has 0 aliphatic carbocycles. The van der Waals surface area contributed by atoms with E-state index in [1.165, 1.54) is 33.5 Å². The average molecular weight is 314 g/mol. The Kier molecular flexibility index (Phi) is 5.25. The van der Waals surface area contributed by atoms with E-state index in [1.807, 2.05) is 30.3 Å². The Morgan fingerprint density at radius 2 is 1.65 bits per heavy atom. The number of ether oxygens (including phenoxy) is 3. The Balaban J connectivity index is 2.45. The molecule has 0 amide bonds. The van der Waals surface area contributed by atoms with Gasteiger partial charge in [0.15, 0.2) is 17.3 Å². The van der Waals surface area contributed by atoms with E-state index in [9.17, 15) is 9.90 Å². The average Bonchev–Trinajstić information content (AvgIpc) is 2.59. The second-order valence-electron chi connectivity index (χ2n) is 4.65. The largest absolute Gasteiger partial charge is 0.504 e. The van der Waals surface area contributed by atoms with Crippen LogP contribution in [0.5, 0.6) is 23.0 Å². The van der Waals surface area contributed by atoms with Gasteiger partial charge in [-0.05, 0) is 11.6 Å². The third kappa shape index (κ3) is 3.45. The van der Waals surface area contributed by atoms with Gasteiger partial charge in [-0.25, -0.2) is 0 Å². The molecule has 23 heavy (non-hydrogen) atoms. The molecule has 2 aromatic carbocycles. The van der Waals surface area contributed by atoms with Crippen LogP contribution < -0.4 is 14.2 Å². The molecule has 2 aromatic rings. The van der Waals surface area contributed by atoms with Gasteiger partial charge in [-0.3, -0.25) is 4.79 Å². The number of rotatable bonds is 6. The first-order chi connectivity index (χ1) is 11.1. The summed E-state index contributed by atoms with van der Waals surface area (Å²) >= 11 is 0. The van der Waals surface area contributed by atoms with E-state index >= 15 is 0 Å². The molecule has 0 radical (unpaired) electrons. The SMILES string of the molecule is COc1cc(OC)c(C(=O)C=Cc2ccccc2)c(O)c1OC. The number of allylic oxidation sites excluding steroid dienone is 1. The predicted octanol–water partition coefficient (Wildman–Crippen LogP) is 3.31. The Hall–Kier alpha value is -2.95. The second kappa shape index (κ2) is 7.35. The quantitative estimate of drug-likeness (QED) is 0.654.